The molecule has 0 N–H and O–H groups in total. The first-order valence-electron chi connectivity index (χ1n) is 7.52. The van der Waals surface area contributed by atoms with Gasteiger partial charge < -0.3 is 14.4 Å². The summed E-state index contributed by atoms with van der Waals surface area (Å²) in [6, 6.07) is 0.0291. The van der Waals surface area contributed by atoms with Crippen LogP contribution < -0.4 is 0 Å². The van der Waals surface area contributed by atoms with Crippen LogP contribution in [0.5, 0.6) is 0 Å². The lowest BCUT2D eigenvalue weighted by molar-refractivity contribution is -0.132. The quantitative estimate of drug-likeness (QED) is 0.764. The number of piperidine rings is 1. The average molecular weight is 291 g/mol. The van der Waals surface area contributed by atoms with E-state index < -0.39 is 0 Å². The number of carbonyl (C=O) groups is 2. The van der Waals surface area contributed by atoms with Crippen LogP contribution in [0.4, 0.5) is 0 Å². The second-order valence-corrected chi connectivity index (χ2v) is 5.79. The molecular formula is C14H21N5O2. The summed E-state index contributed by atoms with van der Waals surface area (Å²) in [4.78, 5) is 27.0. The van der Waals surface area contributed by atoms with Crippen molar-refractivity contribution in [1.29, 1.82) is 0 Å². The highest BCUT2D eigenvalue weighted by Crippen LogP contribution is 2.31. The van der Waals surface area contributed by atoms with Gasteiger partial charge in [-0.3, -0.25) is 9.59 Å². The molecule has 0 radical (unpaired) electrons. The van der Waals surface area contributed by atoms with Crippen LogP contribution in [0.1, 0.15) is 50.8 Å². The maximum Gasteiger partial charge on any atom is 0.220 e. The maximum absolute atomic E-state index is 11.8. The first-order valence-corrected chi connectivity index (χ1v) is 7.52. The Morgan fingerprint density at radius 3 is 2.57 bits per heavy atom. The zero-order valence-corrected chi connectivity index (χ0v) is 12.6. The number of fused-ring (bicyclic) bond motifs is 1. The molecule has 114 valence electrons. The lowest BCUT2D eigenvalue weighted by Crippen LogP contribution is -2.41. The van der Waals surface area contributed by atoms with Gasteiger partial charge in [0.2, 0.25) is 11.8 Å². The Hall–Kier alpha value is -1.92. The molecule has 2 aliphatic heterocycles. The minimum absolute atomic E-state index is 0.0291. The van der Waals surface area contributed by atoms with Gasteiger partial charge in [0.1, 0.15) is 0 Å². The lowest BCUT2D eigenvalue weighted by atomic mass is 10.0. The Morgan fingerprint density at radius 1 is 1.05 bits per heavy atom. The summed E-state index contributed by atoms with van der Waals surface area (Å²) in [6.45, 7) is 5.88. The molecule has 0 aromatic carbocycles. The van der Waals surface area contributed by atoms with E-state index in [4.69, 9.17) is 0 Å². The Bertz CT molecular complexity index is 568. The molecule has 2 amide bonds. The van der Waals surface area contributed by atoms with E-state index in [1.165, 1.54) is 0 Å². The molecule has 1 aromatic rings. The van der Waals surface area contributed by atoms with Crippen molar-refractivity contribution >= 4 is 11.8 Å². The fourth-order valence-corrected chi connectivity index (χ4v) is 3.27. The topological polar surface area (TPSA) is 71.3 Å². The molecule has 1 aromatic heterocycles. The van der Waals surface area contributed by atoms with Crippen molar-refractivity contribution in [1.82, 2.24) is 24.6 Å². The van der Waals surface area contributed by atoms with Gasteiger partial charge in [-0.15, -0.1) is 10.2 Å². The molecule has 1 saturated heterocycles. The Balaban J connectivity index is 1.87. The largest absolute Gasteiger partial charge is 0.334 e. The standard InChI is InChI=1S/C14H21N5O2/c1-10(20)17-7-8-19-13(9-17)15-16-14(19)12-5-3-4-6-18(12)11(2)21/h12H,3-9H2,1-2H3/t12-/m0/s1. The van der Waals surface area contributed by atoms with Gasteiger partial charge in [0, 0.05) is 33.5 Å². The van der Waals surface area contributed by atoms with E-state index in [9.17, 15) is 9.59 Å². The van der Waals surface area contributed by atoms with Crippen molar-refractivity contribution < 1.29 is 9.59 Å². The number of carbonyl (C=O) groups excluding carboxylic acids is 2. The first kappa shape index (κ1) is 14.0. The predicted molar refractivity (Wildman–Crippen MR) is 75.1 cm³/mol. The van der Waals surface area contributed by atoms with Gasteiger partial charge in [-0.1, -0.05) is 0 Å². The van der Waals surface area contributed by atoms with Crippen LogP contribution in [-0.4, -0.2) is 49.5 Å². The molecule has 3 rings (SSSR count). The zero-order chi connectivity index (χ0) is 15.0. The molecule has 0 aliphatic carbocycles. The fraction of sp³-hybridized carbons (Fsp3) is 0.714. The fourth-order valence-electron chi connectivity index (χ4n) is 3.27. The van der Waals surface area contributed by atoms with E-state index >= 15 is 0 Å². The van der Waals surface area contributed by atoms with Crippen LogP contribution in [0.15, 0.2) is 0 Å². The monoisotopic (exact) mass is 291 g/mol. The van der Waals surface area contributed by atoms with Gasteiger partial charge >= 0.3 is 0 Å². The molecular weight excluding hydrogens is 270 g/mol. The van der Waals surface area contributed by atoms with E-state index in [2.05, 4.69) is 14.8 Å². The highest BCUT2D eigenvalue weighted by atomic mass is 16.2. The molecule has 7 nitrogen and oxygen atoms in total. The van der Waals surface area contributed by atoms with Gasteiger partial charge in [-0.05, 0) is 19.3 Å². The minimum atomic E-state index is 0.0291. The van der Waals surface area contributed by atoms with Gasteiger partial charge in [-0.2, -0.15) is 0 Å². The molecule has 2 aliphatic rings. The van der Waals surface area contributed by atoms with Crippen molar-refractivity contribution in [3.63, 3.8) is 0 Å². The molecule has 0 bridgehead atoms. The summed E-state index contributed by atoms with van der Waals surface area (Å²) in [6.07, 6.45) is 3.10. The normalized spacial score (nSPS) is 22.1. The third kappa shape index (κ3) is 2.52. The van der Waals surface area contributed by atoms with Gasteiger partial charge in [0.25, 0.3) is 0 Å². The SMILES string of the molecule is CC(=O)N1CCn2c(nnc2[C@@H]2CCCCN2C(C)=O)C1. The van der Waals surface area contributed by atoms with E-state index in [1.54, 1.807) is 18.7 Å². The molecule has 21 heavy (non-hydrogen) atoms. The van der Waals surface area contributed by atoms with E-state index in [0.29, 0.717) is 19.6 Å². The van der Waals surface area contributed by atoms with Crippen molar-refractivity contribution in [2.75, 3.05) is 13.1 Å². The van der Waals surface area contributed by atoms with Crippen molar-refractivity contribution in [3.05, 3.63) is 11.6 Å². The molecule has 0 spiro atoms. The second-order valence-electron chi connectivity index (χ2n) is 5.79. The van der Waals surface area contributed by atoms with Crippen molar-refractivity contribution in [2.45, 2.75) is 52.2 Å². The first-order chi connectivity index (χ1) is 10.1. The van der Waals surface area contributed by atoms with Crippen molar-refractivity contribution in [3.8, 4) is 0 Å². The van der Waals surface area contributed by atoms with E-state index in [-0.39, 0.29) is 17.9 Å². The van der Waals surface area contributed by atoms with Gasteiger partial charge in [0.05, 0.1) is 12.6 Å². The number of amides is 2. The molecule has 1 atom stereocenters. The molecule has 1 fully saturated rings. The maximum atomic E-state index is 11.8. The average Bonchev–Trinajstić information content (AvgIpc) is 2.89. The van der Waals surface area contributed by atoms with Crippen LogP contribution in [-0.2, 0) is 22.7 Å². The van der Waals surface area contributed by atoms with Gasteiger partial charge in [0.15, 0.2) is 11.6 Å². The molecule has 3 heterocycles. The minimum Gasteiger partial charge on any atom is -0.334 e. The number of hydrogen-bond donors (Lipinski definition) is 0. The number of hydrogen-bond acceptors (Lipinski definition) is 4. The second kappa shape index (κ2) is 5.46. The van der Waals surface area contributed by atoms with Crippen LogP contribution in [0.3, 0.4) is 0 Å². The number of rotatable bonds is 1. The predicted octanol–water partition coefficient (Wildman–Crippen LogP) is 0.714. The highest BCUT2D eigenvalue weighted by Gasteiger charge is 2.32. The summed E-state index contributed by atoms with van der Waals surface area (Å²) < 4.78 is 2.09. The van der Waals surface area contributed by atoms with Gasteiger partial charge in [-0.25, -0.2) is 0 Å². The third-order valence-corrected chi connectivity index (χ3v) is 4.43. The number of aromatic nitrogens is 3. The summed E-state index contributed by atoms with van der Waals surface area (Å²) in [5.41, 5.74) is 0. The van der Waals surface area contributed by atoms with Crippen LogP contribution in [0.2, 0.25) is 0 Å². The Kier molecular flexibility index (Phi) is 3.65. The summed E-state index contributed by atoms with van der Waals surface area (Å²) in [5, 5.41) is 8.57. The molecule has 7 heteroatoms. The smallest absolute Gasteiger partial charge is 0.220 e. The summed E-state index contributed by atoms with van der Waals surface area (Å²) >= 11 is 0. The number of nitrogens with zero attached hydrogens (tertiary/aromatic N) is 5. The van der Waals surface area contributed by atoms with Crippen molar-refractivity contribution in [2.24, 2.45) is 0 Å². The third-order valence-electron chi connectivity index (χ3n) is 4.43. The summed E-state index contributed by atoms with van der Waals surface area (Å²) in [5.74, 6) is 1.86. The molecule has 0 unspecified atom stereocenters. The highest BCUT2D eigenvalue weighted by molar-refractivity contribution is 5.74. The van der Waals surface area contributed by atoms with E-state index in [1.807, 2.05) is 4.90 Å². The Labute approximate surface area is 123 Å². The summed E-state index contributed by atoms with van der Waals surface area (Å²) in [7, 11) is 0. The molecule has 0 saturated carbocycles. The van der Waals surface area contributed by atoms with Crippen LogP contribution in [0.25, 0.3) is 0 Å². The van der Waals surface area contributed by atoms with Crippen LogP contribution in [0, 0.1) is 0 Å². The van der Waals surface area contributed by atoms with E-state index in [0.717, 1.165) is 37.5 Å². The lowest BCUT2D eigenvalue weighted by Gasteiger charge is -2.35. The number of likely N-dealkylation sites (tertiary alicyclic amines) is 1. The van der Waals surface area contributed by atoms with Crippen LogP contribution >= 0.6 is 0 Å². The Morgan fingerprint density at radius 2 is 1.86 bits per heavy atom. The zero-order valence-electron chi connectivity index (χ0n) is 12.6.